The highest BCUT2D eigenvalue weighted by atomic mass is 32.1. The van der Waals surface area contributed by atoms with Crippen LogP contribution in [0.15, 0.2) is 24.0 Å². The van der Waals surface area contributed by atoms with Crippen molar-refractivity contribution >= 4 is 17.3 Å². The standard InChI is InChI=1S/C10H12N4OS/c1-15-8-6-13-10(14-7-8)12-3-2-9-11-4-5-16-9/h4-7H,2-3H2,1H3,(H,12,13,14). The van der Waals surface area contributed by atoms with Crippen molar-refractivity contribution < 1.29 is 4.74 Å². The summed E-state index contributed by atoms with van der Waals surface area (Å²) in [7, 11) is 1.59. The van der Waals surface area contributed by atoms with Crippen molar-refractivity contribution in [3.63, 3.8) is 0 Å². The Kier molecular flexibility index (Phi) is 3.66. The van der Waals surface area contributed by atoms with Gasteiger partial charge in [0.2, 0.25) is 5.95 Å². The van der Waals surface area contributed by atoms with Gasteiger partial charge in [0.1, 0.15) is 0 Å². The van der Waals surface area contributed by atoms with E-state index >= 15 is 0 Å². The van der Waals surface area contributed by atoms with Gasteiger partial charge in [-0.2, -0.15) is 0 Å². The monoisotopic (exact) mass is 236 g/mol. The van der Waals surface area contributed by atoms with Crippen molar-refractivity contribution in [2.45, 2.75) is 6.42 Å². The van der Waals surface area contributed by atoms with E-state index in [1.807, 2.05) is 11.6 Å². The zero-order valence-corrected chi connectivity index (χ0v) is 9.70. The van der Waals surface area contributed by atoms with Crippen LogP contribution in [0.5, 0.6) is 5.75 Å². The molecule has 6 heteroatoms. The van der Waals surface area contributed by atoms with Gasteiger partial charge in [-0.3, -0.25) is 0 Å². The van der Waals surface area contributed by atoms with Crippen LogP contribution in [0.25, 0.3) is 0 Å². The minimum Gasteiger partial charge on any atom is -0.494 e. The molecule has 0 spiro atoms. The Morgan fingerprint density at radius 2 is 2.12 bits per heavy atom. The second kappa shape index (κ2) is 5.41. The predicted octanol–water partition coefficient (Wildman–Crippen LogP) is 1.60. The molecule has 2 aromatic heterocycles. The first-order chi connectivity index (χ1) is 7.88. The number of rotatable bonds is 5. The third-order valence-corrected chi connectivity index (χ3v) is 2.81. The first-order valence-electron chi connectivity index (χ1n) is 4.87. The third kappa shape index (κ3) is 2.90. The lowest BCUT2D eigenvalue weighted by molar-refractivity contribution is 0.411. The number of nitrogens with one attached hydrogen (secondary N) is 1. The summed E-state index contributed by atoms with van der Waals surface area (Å²) in [5, 5.41) is 6.21. The van der Waals surface area contributed by atoms with Gasteiger partial charge in [0.25, 0.3) is 0 Å². The first-order valence-corrected chi connectivity index (χ1v) is 5.75. The van der Waals surface area contributed by atoms with E-state index < -0.39 is 0 Å². The summed E-state index contributed by atoms with van der Waals surface area (Å²) in [6, 6.07) is 0. The van der Waals surface area contributed by atoms with Crippen LogP contribution in [0.1, 0.15) is 5.01 Å². The quantitative estimate of drug-likeness (QED) is 0.854. The summed E-state index contributed by atoms with van der Waals surface area (Å²) >= 11 is 1.65. The Morgan fingerprint density at radius 3 is 2.75 bits per heavy atom. The highest BCUT2D eigenvalue weighted by Gasteiger charge is 1.98. The molecule has 2 heterocycles. The van der Waals surface area contributed by atoms with Gasteiger partial charge in [0, 0.05) is 24.5 Å². The molecular weight excluding hydrogens is 224 g/mol. The van der Waals surface area contributed by atoms with Crippen molar-refractivity contribution in [1.29, 1.82) is 0 Å². The number of methoxy groups -OCH3 is 1. The van der Waals surface area contributed by atoms with E-state index in [0.717, 1.165) is 18.0 Å². The lowest BCUT2D eigenvalue weighted by atomic mass is 10.4. The molecule has 0 saturated heterocycles. The van der Waals surface area contributed by atoms with E-state index in [-0.39, 0.29) is 0 Å². The first kappa shape index (κ1) is 10.8. The molecule has 0 aliphatic heterocycles. The molecule has 16 heavy (non-hydrogen) atoms. The van der Waals surface area contributed by atoms with E-state index in [1.165, 1.54) is 0 Å². The third-order valence-electron chi connectivity index (χ3n) is 1.97. The lowest BCUT2D eigenvalue weighted by Gasteiger charge is -2.03. The molecule has 0 bridgehead atoms. The van der Waals surface area contributed by atoms with Crippen LogP contribution in [0.4, 0.5) is 5.95 Å². The molecule has 0 saturated carbocycles. The van der Waals surface area contributed by atoms with Gasteiger partial charge in [-0.1, -0.05) is 0 Å². The van der Waals surface area contributed by atoms with Crippen molar-refractivity contribution in [3.05, 3.63) is 29.0 Å². The number of thiazole rings is 1. The van der Waals surface area contributed by atoms with Crippen LogP contribution in [-0.2, 0) is 6.42 Å². The summed E-state index contributed by atoms with van der Waals surface area (Å²) in [6.07, 6.45) is 5.97. The molecule has 0 fully saturated rings. The Hall–Kier alpha value is -1.69. The van der Waals surface area contributed by atoms with Gasteiger partial charge in [0.15, 0.2) is 5.75 Å². The average Bonchev–Trinajstić information content (AvgIpc) is 2.83. The van der Waals surface area contributed by atoms with E-state index in [1.54, 1.807) is 30.8 Å². The maximum absolute atomic E-state index is 4.97. The fraction of sp³-hybridized carbons (Fsp3) is 0.300. The molecule has 0 radical (unpaired) electrons. The fourth-order valence-electron chi connectivity index (χ4n) is 1.17. The molecule has 5 nitrogen and oxygen atoms in total. The van der Waals surface area contributed by atoms with Gasteiger partial charge in [-0.25, -0.2) is 15.0 Å². The van der Waals surface area contributed by atoms with E-state index in [2.05, 4.69) is 20.3 Å². The number of nitrogens with zero attached hydrogens (tertiary/aromatic N) is 3. The van der Waals surface area contributed by atoms with Crippen LogP contribution in [0, 0.1) is 0 Å². The predicted molar refractivity (Wildman–Crippen MR) is 62.9 cm³/mol. The van der Waals surface area contributed by atoms with Gasteiger partial charge in [-0.15, -0.1) is 11.3 Å². The summed E-state index contributed by atoms with van der Waals surface area (Å²) in [5.74, 6) is 1.27. The largest absolute Gasteiger partial charge is 0.494 e. The molecule has 84 valence electrons. The summed E-state index contributed by atoms with van der Waals surface area (Å²) in [5.41, 5.74) is 0. The molecule has 0 aromatic carbocycles. The zero-order chi connectivity index (χ0) is 11.2. The van der Waals surface area contributed by atoms with Crippen molar-refractivity contribution in [1.82, 2.24) is 15.0 Å². The Bertz CT molecular complexity index is 415. The molecule has 0 amide bonds. The van der Waals surface area contributed by atoms with Crippen LogP contribution >= 0.6 is 11.3 Å². The summed E-state index contributed by atoms with van der Waals surface area (Å²) < 4.78 is 4.97. The number of anilines is 1. The molecule has 0 unspecified atom stereocenters. The van der Waals surface area contributed by atoms with Crippen LogP contribution in [-0.4, -0.2) is 28.6 Å². The molecule has 0 aliphatic rings. The number of aromatic nitrogens is 3. The van der Waals surface area contributed by atoms with Gasteiger partial charge in [0.05, 0.1) is 24.5 Å². The van der Waals surface area contributed by atoms with Crippen LogP contribution in [0.2, 0.25) is 0 Å². The maximum Gasteiger partial charge on any atom is 0.222 e. The van der Waals surface area contributed by atoms with E-state index in [0.29, 0.717) is 11.7 Å². The second-order valence-electron chi connectivity index (χ2n) is 3.05. The van der Waals surface area contributed by atoms with Crippen molar-refractivity contribution in [3.8, 4) is 5.75 Å². The van der Waals surface area contributed by atoms with Crippen LogP contribution in [0.3, 0.4) is 0 Å². The van der Waals surface area contributed by atoms with Crippen molar-refractivity contribution in [2.24, 2.45) is 0 Å². The lowest BCUT2D eigenvalue weighted by Crippen LogP contribution is -2.07. The fourth-order valence-corrected chi connectivity index (χ4v) is 1.79. The molecular formula is C10H12N4OS. The summed E-state index contributed by atoms with van der Waals surface area (Å²) in [6.45, 7) is 0.778. The molecule has 2 rings (SSSR count). The van der Waals surface area contributed by atoms with E-state index in [9.17, 15) is 0 Å². The highest BCUT2D eigenvalue weighted by Crippen LogP contribution is 2.08. The zero-order valence-electron chi connectivity index (χ0n) is 8.88. The topological polar surface area (TPSA) is 59.9 Å². The minimum atomic E-state index is 0.609. The maximum atomic E-state index is 4.97. The van der Waals surface area contributed by atoms with Gasteiger partial charge < -0.3 is 10.1 Å². The Balaban J connectivity index is 1.81. The number of hydrogen-bond donors (Lipinski definition) is 1. The minimum absolute atomic E-state index is 0.609. The van der Waals surface area contributed by atoms with Gasteiger partial charge >= 0.3 is 0 Å². The highest BCUT2D eigenvalue weighted by molar-refractivity contribution is 7.09. The normalized spacial score (nSPS) is 10.1. The molecule has 2 aromatic rings. The molecule has 0 atom stereocenters. The molecule has 1 N–H and O–H groups in total. The van der Waals surface area contributed by atoms with Gasteiger partial charge in [-0.05, 0) is 0 Å². The number of ether oxygens (including phenoxy) is 1. The molecule has 0 aliphatic carbocycles. The van der Waals surface area contributed by atoms with Crippen LogP contribution < -0.4 is 10.1 Å². The Morgan fingerprint density at radius 1 is 1.31 bits per heavy atom. The smallest absolute Gasteiger partial charge is 0.222 e. The second-order valence-corrected chi connectivity index (χ2v) is 4.03. The Labute approximate surface area is 97.5 Å². The average molecular weight is 236 g/mol. The SMILES string of the molecule is COc1cnc(NCCc2nccs2)nc1. The summed E-state index contributed by atoms with van der Waals surface area (Å²) in [4.78, 5) is 12.4. The van der Waals surface area contributed by atoms with E-state index in [4.69, 9.17) is 4.74 Å². The van der Waals surface area contributed by atoms with Crippen molar-refractivity contribution in [2.75, 3.05) is 19.0 Å². The number of hydrogen-bond acceptors (Lipinski definition) is 6.